The Kier molecular flexibility index (Phi) is 8.95. The standard InChI is InChI=1S/C27H30F3N5O4S2/c1-26(32-24(36)17-4-3-5-19(14-17)27(28,29)30)12-13-35(25(26)37)23-11-6-20(33-34-31)15-18(23)16-41(38,39)22-9-7-21(40-2)8-10-22/h3-5,7-10,14,18,20,23H,6,11-13,15-16H2,1-2H3,(H,32,36)/t18-,20+,23-,26-/m0/s1. The van der Waals surface area contributed by atoms with Gasteiger partial charge in [-0.2, -0.15) is 13.2 Å². The Bertz CT molecular complexity index is 1460. The summed E-state index contributed by atoms with van der Waals surface area (Å²) in [6, 6.07) is 9.61. The average Bonchev–Trinajstić information content (AvgIpc) is 3.21. The highest BCUT2D eigenvalue weighted by Gasteiger charge is 2.49. The zero-order valence-corrected chi connectivity index (χ0v) is 24.1. The van der Waals surface area contributed by atoms with E-state index in [0.29, 0.717) is 12.8 Å². The molecule has 220 valence electrons. The Labute approximate surface area is 240 Å². The molecule has 0 radical (unpaired) electrons. The summed E-state index contributed by atoms with van der Waals surface area (Å²) in [5.74, 6) is -2.04. The van der Waals surface area contributed by atoms with Gasteiger partial charge in [0.25, 0.3) is 5.91 Å². The lowest BCUT2D eigenvalue weighted by atomic mass is 9.82. The lowest BCUT2D eigenvalue weighted by molar-refractivity contribution is -0.138. The topological polar surface area (TPSA) is 132 Å². The van der Waals surface area contributed by atoms with Gasteiger partial charge in [0.2, 0.25) is 5.91 Å². The second kappa shape index (κ2) is 11.9. The van der Waals surface area contributed by atoms with Crippen LogP contribution in [0.5, 0.6) is 0 Å². The van der Waals surface area contributed by atoms with Crippen LogP contribution in [0, 0.1) is 5.92 Å². The van der Waals surface area contributed by atoms with E-state index in [-0.39, 0.29) is 35.6 Å². The number of carbonyl (C=O) groups is 2. The molecule has 1 aliphatic heterocycles. The molecule has 1 aliphatic carbocycles. The van der Waals surface area contributed by atoms with Gasteiger partial charge in [-0.3, -0.25) is 9.59 Å². The first-order valence-electron chi connectivity index (χ1n) is 13.0. The van der Waals surface area contributed by atoms with Crippen LogP contribution in [-0.4, -0.2) is 61.3 Å². The third-order valence-electron chi connectivity index (χ3n) is 7.81. The smallest absolute Gasteiger partial charge is 0.338 e. The van der Waals surface area contributed by atoms with Gasteiger partial charge < -0.3 is 10.2 Å². The largest absolute Gasteiger partial charge is 0.416 e. The van der Waals surface area contributed by atoms with Crippen LogP contribution in [0.1, 0.15) is 48.5 Å². The molecule has 4 atom stereocenters. The molecule has 0 spiro atoms. The fraction of sp³-hybridized carbons (Fsp3) is 0.481. The summed E-state index contributed by atoms with van der Waals surface area (Å²) >= 11 is 1.49. The fourth-order valence-electron chi connectivity index (χ4n) is 5.61. The maximum absolute atomic E-state index is 13.7. The summed E-state index contributed by atoms with van der Waals surface area (Å²) < 4.78 is 66.2. The molecule has 0 aromatic heterocycles. The van der Waals surface area contributed by atoms with Crippen LogP contribution in [0.2, 0.25) is 0 Å². The van der Waals surface area contributed by atoms with E-state index in [1.807, 2.05) is 6.26 Å². The zero-order chi connectivity index (χ0) is 30.0. The number of amides is 2. The van der Waals surface area contributed by atoms with Crippen LogP contribution >= 0.6 is 11.8 Å². The van der Waals surface area contributed by atoms with E-state index in [0.717, 1.165) is 23.1 Å². The van der Waals surface area contributed by atoms with Crippen LogP contribution in [0.15, 0.2) is 63.4 Å². The fourth-order valence-corrected chi connectivity index (χ4v) is 7.69. The monoisotopic (exact) mass is 609 g/mol. The number of carbonyl (C=O) groups excluding carboxylic acids is 2. The zero-order valence-electron chi connectivity index (χ0n) is 22.5. The van der Waals surface area contributed by atoms with Crippen LogP contribution in [0.25, 0.3) is 10.4 Å². The summed E-state index contributed by atoms with van der Waals surface area (Å²) in [5, 5.41) is 6.42. The summed E-state index contributed by atoms with van der Waals surface area (Å²) in [6.45, 7) is 1.75. The first-order valence-corrected chi connectivity index (χ1v) is 15.9. The molecule has 0 unspecified atom stereocenters. The van der Waals surface area contributed by atoms with E-state index in [9.17, 15) is 31.2 Å². The molecule has 1 saturated heterocycles. The van der Waals surface area contributed by atoms with Gasteiger partial charge in [0, 0.05) is 34.0 Å². The maximum atomic E-state index is 13.7. The van der Waals surface area contributed by atoms with Crippen molar-refractivity contribution in [2.24, 2.45) is 11.0 Å². The van der Waals surface area contributed by atoms with Crippen molar-refractivity contribution in [1.29, 1.82) is 0 Å². The number of nitrogens with zero attached hydrogens (tertiary/aromatic N) is 4. The van der Waals surface area contributed by atoms with Crippen molar-refractivity contribution in [2.75, 3.05) is 18.6 Å². The third-order valence-corrected chi connectivity index (χ3v) is 10.4. The first-order chi connectivity index (χ1) is 19.3. The van der Waals surface area contributed by atoms with Crippen molar-refractivity contribution in [3.8, 4) is 0 Å². The van der Waals surface area contributed by atoms with E-state index >= 15 is 0 Å². The maximum Gasteiger partial charge on any atom is 0.416 e. The molecule has 1 saturated carbocycles. The van der Waals surface area contributed by atoms with Gasteiger partial charge in [0.15, 0.2) is 9.84 Å². The summed E-state index contributed by atoms with van der Waals surface area (Å²) in [7, 11) is -3.75. The molecule has 1 heterocycles. The van der Waals surface area contributed by atoms with Crippen LogP contribution < -0.4 is 5.32 Å². The molecule has 2 aliphatic rings. The van der Waals surface area contributed by atoms with Crippen molar-refractivity contribution in [2.45, 2.75) is 66.2 Å². The lowest BCUT2D eigenvalue weighted by Crippen LogP contribution is -2.55. The highest BCUT2D eigenvalue weighted by atomic mass is 32.2. The summed E-state index contributed by atoms with van der Waals surface area (Å²) in [4.78, 5) is 32.1. The van der Waals surface area contributed by atoms with Crippen molar-refractivity contribution >= 4 is 33.4 Å². The number of likely N-dealkylation sites (tertiary alicyclic amines) is 1. The minimum Gasteiger partial charge on any atom is -0.338 e. The number of thioether (sulfide) groups is 1. The van der Waals surface area contributed by atoms with Crippen molar-refractivity contribution in [3.05, 3.63) is 70.1 Å². The van der Waals surface area contributed by atoms with Gasteiger partial charge in [-0.15, -0.1) is 11.8 Å². The van der Waals surface area contributed by atoms with Crippen LogP contribution in [-0.2, 0) is 20.8 Å². The number of sulfone groups is 1. The molecular weight excluding hydrogens is 579 g/mol. The predicted molar refractivity (Wildman–Crippen MR) is 148 cm³/mol. The van der Waals surface area contributed by atoms with Gasteiger partial charge >= 0.3 is 6.18 Å². The normalized spacial score (nSPS) is 25.0. The number of hydrogen-bond donors (Lipinski definition) is 1. The Hall–Kier alpha value is -3.22. The Morgan fingerprint density at radius 1 is 1.22 bits per heavy atom. The number of nitrogens with one attached hydrogen (secondary N) is 1. The molecule has 0 bridgehead atoms. The first kappa shape index (κ1) is 30.7. The van der Waals surface area contributed by atoms with E-state index in [2.05, 4.69) is 15.3 Å². The number of halogens is 3. The van der Waals surface area contributed by atoms with Gasteiger partial charge in [-0.25, -0.2) is 8.42 Å². The molecule has 4 rings (SSSR count). The second-order valence-corrected chi connectivity index (χ2v) is 13.5. The second-order valence-electron chi connectivity index (χ2n) is 10.6. The lowest BCUT2D eigenvalue weighted by Gasteiger charge is -2.40. The number of hydrogen-bond acceptors (Lipinski definition) is 6. The van der Waals surface area contributed by atoms with E-state index in [4.69, 9.17) is 5.53 Å². The molecule has 2 amide bonds. The van der Waals surface area contributed by atoms with Gasteiger partial charge in [-0.1, -0.05) is 11.2 Å². The van der Waals surface area contributed by atoms with Gasteiger partial charge in [0.05, 0.1) is 16.2 Å². The van der Waals surface area contributed by atoms with Crippen LogP contribution in [0.3, 0.4) is 0 Å². The Morgan fingerprint density at radius 2 is 1.93 bits per heavy atom. The predicted octanol–water partition coefficient (Wildman–Crippen LogP) is 5.47. The molecular formula is C27H30F3N5O4S2. The number of azide groups is 1. The van der Waals surface area contributed by atoms with Gasteiger partial charge in [-0.05, 0) is 92.8 Å². The third kappa shape index (κ3) is 6.82. The van der Waals surface area contributed by atoms with E-state index in [1.54, 1.807) is 29.2 Å². The van der Waals surface area contributed by atoms with Crippen molar-refractivity contribution in [1.82, 2.24) is 10.2 Å². The van der Waals surface area contributed by atoms with E-state index in [1.165, 1.54) is 24.8 Å². The molecule has 9 nitrogen and oxygen atoms in total. The summed E-state index contributed by atoms with van der Waals surface area (Å²) in [6.07, 6.45) is -1.41. The Balaban J connectivity index is 1.54. The van der Waals surface area contributed by atoms with Gasteiger partial charge in [0.1, 0.15) is 5.54 Å². The van der Waals surface area contributed by atoms with E-state index < -0.39 is 56.9 Å². The highest BCUT2D eigenvalue weighted by molar-refractivity contribution is 7.98. The molecule has 2 aromatic rings. The summed E-state index contributed by atoms with van der Waals surface area (Å²) in [5.41, 5.74) is 6.38. The molecule has 41 heavy (non-hydrogen) atoms. The molecule has 2 aromatic carbocycles. The van der Waals surface area contributed by atoms with Crippen molar-refractivity contribution in [3.63, 3.8) is 0 Å². The number of alkyl halides is 3. The number of rotatable bonds is 8. The Morgan fingerprint density at radius 3 is 2.56 bits per heavy atom. The molecule has 14 heteroatoms. The number of benzene rings is 2. The minimum absolute atomic E-state index is 0.158. The van der Waals surface area contributed by atoms with Crippen molar-refractivity contribution < 1.29 is 31.2 Å². The average molecular weight is 610 g/mol. The molecule has 1 N–H and O–H groups in total. The SMILES string of the molecule is CSc1ccc(S(=O)(=O)C[C@@H]2C[C@H](N=[N+]=[N-])CC[C@@H]2N2CC[C@](C)(NC(=O)c3cccc(C(F)(F)F)c3)C2=O)cc1. The van der Waals surface area contributed by atoms with Crippen LogP contribution in [0.4, 0.5) is 13.2 Å². The highest BCUT2D eigenvalue weighted by Crippen LogP contribution is 2.37. The minimum atomic E-state index is -4.62. The molecule has 2 fully saturated rings. The quantitative estimate of drug-likeness (QED) is 0.184.